The molecule has 5 aromatic rings. The summed E-state index contributed by atoms with van der Waals surface area (Å²) in [7, 11) is 5.17. The van der Waals surface area contributed by atoms with Crippen molar-refractivity contribution >= 4 is 16.7 Å². The Bertz CT molecular complexity index is 1560. The SMILES string of the molecule is COCCN(C)C(=O)c1cn(Cc2cncn2CCc2ccccc2OC)cc1-c1cccc2ccccc12. The zero-order valence-electron chi connectivity index (χ0n) is 22.7. The number of carbonyl (C=O) groups excluding carboxylic acids is 1. The maximum atomic E-state index is 13.6. The molecule has 0 aliphatic carbocycles. The quantitative estimate of drug-likeness (QED) is 0.229. The number of para-hydroxylation sites is 1. The number of nitrogens with zero attached hydrogens (tertiary/aromatic N) is 4. The van der Waals surface area contributed by atoms with Gasteiger partial charge >= 0.3 is 0 Å². The minimum Gasteiger partial charge on any atom is -0.496 e. The molecule has 7 heteroatoms. The van der Waals surface area contributed by atoms with Crippen molar-refractivity contribution in [1.82, 2.24) is 19.0 Å². The number of amides is 1. The molecule has 5 rings (SSSR count). The lowest BCUT2D eigenvalue weighted by atomic mass is 9.97. The second-order valence-electron chi connectivity index (χ2n) is 9.64. The van der Waals surface area contributed by atoms with Crippen LogP contribution in [0.25, 0.3) is 21.9 Å². The number of ether oxygens (including phenoxy) is 2. The zero-order valence-corrected chi connectivity index (χ0v) is 22.7. The molecule has 0 saturated carbocycles. The minimum absolute atomic E-state index is 0.0292. The monoisotopic (exact) mass is 522 g/mol. The molecule has 7 nitrogen and oxygen atoms in total. The Morgan fingerprint density at radius 3 is 2.59 bits per heavy atom. The van der Waals surface area contributed by atoms with Crippen LogP contribution < -0.4 is 4.74 Å². The number of aryl methyl sites for hydroxylation is 2. The number of rotatable bonds is 11. The highest BCUT2D eigenvalue weighted by Gasteiger charge is 2.21. The van der Waals surface area contributed by atoms with Gasteiger partial charge in [0.15, 0.2) is 0 Å². The molecule has 3 aromatic carbocycles. The first-order chi connectivity index (χ1) is 19.1. The molecular formula is C32H34N4O3. The number of fused-ring (bicyclic) bond motifs is 1. The third-order valence-corrected chi connectivity index (χ3v) is 7.13. The summed E-state index contributed by atoms with van der Waals surface area (Å²) < 4.78 is 15.0. The van der Waals surface area contributed by atoms with Gasteiger partial charge < -0.3 is 23.5 Å². The van der Waals surface area contributed by atoms with Crippen molar-refractivity contribution in [2.45, 2.75) is 19.5 Å². The number of imidazole rings is 1. The molecule has 0 N–H and O–H groups in total. The highest BCUT2D eigenvalue weighted by atomic mass is 16.5. The summed E-state index contributed by atoms with van der Waals surface area (Å²) in [5.41, 5.74) is 4.85. The maximum Gasteiger partial charge on any atom is 0.255 e. The van der Waals surface area contributed by atoms with Crippen LogP contribution in [0, 0.1) is 0 Å². The van der Waals surface area contributed by atoms with Crippen LogP contribution in [-0.4, -0.2) is 59.3 Å². The Hall–Kier alpha value is -4.36. The van der Waals surface area contributed by atoms with Crippen molar-refractivity contribution in [2.24, 2.45) is 0 Å². The fraction of sp³-hybridized carbons (Fsp3) is 0.250. The van der Waals surface area contributed by atoms with E-state index < -0.39 is 0 Å². The van der Waals surface area contributed by atoms with Crippen molar-refractivity contribution < 1.29 is 14.3 Å². The van der Waals surface area contributed by atoms with E-state index in [0.29, 0.717) is 25.3 Å². The van der Waals surface area contributed by atoms with Crippen molar-refractivity contribution in [2.75, 3.05) is 34.4 Å². The van der Waals surface area contributed by atoms with Crippen molar-refractivity contribution in [3.8, 4) is 16.9 Å². The van der Waals surface area contributed by atoms with Gasteiger partial charge in [-0.15, -0.1) is 0 Å². The van der Waals surface area contributed by atoms with E-state index in [4.69, 9.17) is 9.47 Å². The third kappa shape index (κ3) is 5.73. The molecule has 0 saturated heterocycles. The van der Waals surface area contributed by atoms with Gasteiger partial charge in [0, 0.05) is 51.4 Å². The summed E-state index contributed by atoms with van der Waals surface area (Å²) in [4.78, 5) is 19.8. The average molecular weight is 523 g/mol. The number of likely N-dealkylation sites (N-methyl/N-ethyl adjacent to an activating group) is 1. The summed E-state index contributed by atoms with van der Waals surface area (Å²) in [5, 5.41) is 2.26. The minimum atomic E-state index is -0.0292. The van der Waals surface area contributed by atoms with E-state index in [0.717, 1.165) is 51.9 Å². The summed E-state index contributed by atoms with van der Waals surface area (Å²) in [5.74, 6) is 0.864. The predicted octanol–water partition coefficient (Wildman–Crippen LogP) is 5.52. The molecule has 1 amide bonds. The van der Waals surface area contributed by atoms with Crippen LogP contribution in [-0.2, 0) is 24.2 Å². The van der Waals surface area contributed by atoms with Gasteiger partial charge in [0.2, 0.25) is 0 Å². The van der Waals surface area contributed by atoms with Crippen LogP contribution in [0.1, 0.15) is 21.6 Å². The van der Waals surface area contributed by atoms with Gasteiger partial charge in [-0.2, -0.15) is 0 Å². The summed E-state index contributed by atoms with van der Waals surface area (Å²) >= 11 is 0. The lowest BCUT2D eigenvalue weighted by Gasteiger charge is -2.17. The van der Waals surface area contributed by atoms with E-state index in [1.807, 2.05) is 62.2 Å². The molecule has 0 fully saturated rings. The third-order valence-electron chi connectivity index (χ3n) is 7.13. The Kier molecular flexibility index (Phi) is 8.08. The highest BCUT2D eigenvalue weighted by molar-refractivity contribution is 6.05. The van der Waals surface area contributed by atoms with E-state index >= 15 is 0 Å². The molecule has 2 aromatic heterocycles. The number of methoxy groups -OCH3 is 2. The Balaban J connectivity index is 1.47. The molecule has 0 aliphatic heterocycles. The molecule has 0 spiro atoms. The lowest BCUT2D eigenvalue weighted by Crippen LogP contribution is -2.30. The van der Waals surface area contributed by atoms with Crippen LogP contribution in [0.3, 0.4) is 0 Å². The fourth-order valence-corrected chi connectivity index (χ4v) is 5.00. The molecular weight excluding hydrogens is 488 g/mol. The van der Waals surface area contributed by atoms with Gasteiger partial charge in [-0.25, -0.2) is 4.98 Å². The van der Waals surface area contributed by atoms with Crippen LogP contribution in [0.5, 0.6) is 5.75 Å². The molecule has 0 aliphatic rings. The maximum absolute atomic E-state index is 13.6. The number of aromatic nitrogens is 3. The predicted molar refractivity (Wildman–Crippen MR) is 154 cm³/mol. The van der Waals surface area contributed by atoms with Crippen LogP contribution in [0.4, 0.5) is 0 Å². The van der Waals surface area contributed by atoms with Crippen LogP contribution in [0.15, 0.2) is 91.6 Å². The Morgan fingerprint density at radius 1 is 0.949 bits per heavy atom. The van der Waals surface area contributed by atoms with E-state index in [1.54, 1.807) is 19.1 Å². The number of benzene rings is 3. The second-order valence-corrected chi connectivity index (χ2v) is 9.64. The van der Waals surface area contributed by atoms with Gasteiger partial charge in [0.05, 0.1) is 37.8 Å². The largest absolute Gasteiger partial charge is 0.496 e. The summed E-state index contributed by atoms with van der Waals surface area (Å²) in [6, 6.07) is 22.6. The highest BCUT2D eigenvalue weighted by Crippen LogP contribution is 2.32. The lowest BCUT2D eigenvalue weighted by molar-refractivity contribution is 0.0745. The average Bonchev–Trinajstić information content (AvgIpc) is 3.61. The number of hydrogen-bond acceptors (Lipinski definition) is 4. The summed E-state index contributed by atoms with van der Waals surface area (Å²) in [6.45, 7) is 2.38. The first kappa shape index (κ1) is 26.3. The van der Waals surface area contributed by atoms with Crippen LogP contribution in [0.2, 0.25) is 0 Å². The van der Waals surface area contributed by atoms with Gasteiger partial charge in [-0.1, -0.05) is 60.7 Å². The molecule has 200 valence electrons. The number of carbonyl (C=O) groups is 1. The van der Waals surface area contributed by atoms with Crippen molar-refractivity contribution in [3.63, 3.8) is 0 Å². The second kappa shape index (κ2) is 12.0. The molecule has 0 radical (unpaired) electrons. The molecule has 0 bridgehead atoms. The molecule has 0 unspecified atom stereocenters. The molecule has 39 heavy (non-hydrogen) atoms. The first-order valence-electron chi connectivity index (χ1n) is 13.1. The number of hydrogen-bond donors (Lipinski definition) is 0. The normalized spacial score (nSPS) is 11.2. The standard InChI is InChI=1S/C32H34N4O3/c1-34(17-18-38-2)32(37)30-22-35(21-29(30)28-13-8-11-24-9-4-6-12-27(24)28)20-26-19-33-23-36(26)16-15-25-10-5-7-14-31(25)39-3/h4-14,19,21-23H,15-18,20H2,1-3H3. The topological polar surface area (TPSA) is 61.5 Å². The fourth-order valence-electron chi connectivity index (χ4n) is 5.00. The van der Waals surface area contributed by atoms with E-state index in [2.05, 4.69) is 50.6 Å². The van der Waals surface area contributed by atoms with E-state index in [-0.39, 0.29) is 5.91 Å². The summed E-state index contributed by atoms with van der Waals surface area (Å²) in [6.07, 6.45) is 8.63. The van der Waals surface area contributed by atoms with Gasteiger partial charge in [-0.3, -0.25) is 4.79 Å². The smallest absolute Gasteiger partial charge is 0.255 e. The van der Waals surface area contributed by atoms with Crippen molar-refractivity contribution in [3.05, 3.63) is 108 Å². The van der Waals surface area contributed by atoms with E-state index in [1.165, 1.54) is 0 Å². The zero-order chi connectivity index (χ0) is 27.2. The van der Waals surface area contributed by atoms with Crippen molar-refractivity contribution in [1.29, 1.82) is 0 Å². The van der Waals surface area contributed by atoms with Gasteiger partial charge in [0.25, 0.3) is 5.91 Å². The molecule has 2 heterocycles. The first-order valence-corrected chi connectivity index (χ1v) is 13.1. The van der Waals surface area contributed by atoms with Crippen LogP contribution >= 0.6 is 0 Å². The van der Waals surface area contributed by atoms with Gasteiger partial charge in [0.1, 0.15) is 5.75 Å². The Labute approximate surface area is 229 Å². The van der Waals surface area contributed by atoms with E-state index in [9.17, 15) is 4.79 Å². The molecule has 0 atom stereocenters. The van der Waals surface area contributed by atoms with Gasteiger partial charge in [-0.05, 0) is 34.4 Å². The Morgan fingerprint density at radius 2 is 1.74 bits per heavy atom.